The summed E-state index contributed by atoms with van der Waals surface area (Å²) in [6, 6.07) is 9.54. The van der Waals surface area contributed by atoms with Gasteiger partial charge in [0.25, 0.3) is 5.91 Å². The van der Waals surface area contributed by atoms with E-state index >= 15 is 0 Å². The first-order chi connectivity index (χ1) is 11.7. The highest BCUT2D eigenvalue weighted by Gasteiger charge is 2.45. The predicted octanol–water partition coefficient (Wildman–Crippen LogP) is 3.15. The van der Waals surface area contributed by atoms with Gasteiger partial charge in [0.2, 0.25) is 0 Å². The topological polar surface area (TPSA) is 42.4 Å². The van der Waals surface area contributed by atoms with Crippen LogP contribution < -0.4 is 4.74 Å². The molecule has 2 aromatic rings. The minimum Gasteiger partial charge on any atom is -0.488 e. The summed E-state index contributed by atoms with van der Waals surface area (Å²) in [7, 11) is 0. The number of rotatable bonds is 3. The third-order valence-corrected chi connectivity index (χ3v) is 5.09. The van der Waals surface area contributed by atoms with Crippen LogP contribution >= 0.6 is 0 Å². The molecule has 0 spiro atoms. The Labute approximate surface area is 140 Å². The van der Waals surface area contributed by atoms with Crippen LogP contribution in [0.25, 0.3) is 0 Å². The van der Waals surface area contributed by atoms with Gasteiger partial charge in [-0.1, -0.05) is 0 Å². The fraction of sp³-hybridized carbons (Fsp3) is 0.368. The summed E-state index contributed by atoms with van der Waals surface area (Å²) in [5, 5.41) is 0. The SMILES string of the molecule is O=C(c1ccc(F)cc1)N1C[C@H]2CC[C@@H](Oc3cccnc3)[C@H]2C1. The van der Waals surface area contributed by atoms with Gasteiger partial charge >= 0.3 is 0 Å². The number of amides is 1. The molecule has 0 unspecified atom stereocenters. The molecular formula is C19H19FN2O2. The zero-order valence-electron chi connectivity index (χ0n) is 13.3. The first-order valence-corrected chi connectivity index (χ1v) is 8.32. The molecule has 0 bridgehead atoms. The maximum absolute atomic E-state index is 13.0. The van der Waals surface area contributed by atoms with E-state index in [2.05, 4.69) is 4.98 Å². The lowest BCUT2D eigenvalue weighted by atomic mass is 9.99. The number of carbonyl (C=O) groups excluding carboxylic acids is 1. The number of halogens is 1. The molecule has 0 radical (unpaired) electrons. The second kappa shape index (κ2) is 6.23. The molecule has 24 heavy (non-hydrogen) atoms. The summed E-state index contributed by atoms with van der Waals surface area (Å²) in [5.74, 6) is 1.27. The molecule has 1 aliphatic carbocycles. The van der Waals surface area contributed by atoms with Crippen LogP contribution in [0.5, 0.6) is 5.75 Å². The molecule has 2 heterocycles. The normalized spacial score (nSPS) is 25.5. The Bertz CT molecular complexity index is 720. The van der Waals surface area contributed by atoms with Crippen molar-refractivity contribution in [1.29, 1.82) is 0 Å². The van der Waals surface area contributed by atoms with Crippen molar-refractivity contribution in [2.45, 2.75) is 18.9 Å². The van der Waals surface area contributed by atoms with E-state index in [1.807, 2.05) is 17.0 Å². The average Bonchev–Trinajstić information content (AvgIpc) is 3.18. The van der Waals surface area contributed by atoms with Gasteiger partial charge in [-0.3, -0.25) is 9.78 Å². The van der Waals surface area contributed by atoms with Crippen molar-refractivity contribution >= 4 is 5.91 Å². The minimum absolute atomic E-state index is 0.0236. The number of pyridine rings is 1. The van der Waals surface area contributed by atoms with E-state index in [1.54, 1.807) is 24.5 Å². The van der Waals surface area contributed by atoms with E-state index in [1.165, 1.54) is 12.1 Å². The van der Waals surface area contributed by atoms with Crippen LogP contribution in [0.4, 0.5) is 4.39 Å². The van der Waals surface area contributed by atoms with Gasteiger partial charge in [-0.2, -0.15) is 0 Å². The quantitative estimate of drug-likeness (QED) is 0.870. The average molecular weight is 326 g/mol. The van der Waals surface area contributed by atoms with Crippen LogP contribution in [-0.2, 0) is 0 Å². The van der Waals surface area contributed by atoms with Crippen molar-refractivity contribution in [2.75, 3.05) is 13.1 Å². The Morgan fingerprint density at radius 3 is 2.75 bits per heavy atom. The van der Waals surface area contributed by atoms with Gasteiger partial charge in [0.1, 0.15) is 17.7 Å². The second-order valence-electron chi connectivity index (χ2n) is 6.56. The lowest BCUT2D eigenvalue weighted by molar-refractivity contribution is 0.0762. The summed E-state index contributed by atoms with van der Waals surface area (Å²) in [6.45, 7) is 1.46. The van der Waals surface area contributed by atoms with Crippen molar-refractivity contribution in [1.82, 2.24) is 9.88 Å². The van der Waals surface area contributed by atoms with Crippen LogP contribution in [0, 0.1) is 17.7 Å². The largest absolute Gasteiger partial charge is 0.488 e. The second-order valence-corrected chi connectivity index (χ2v) is 6.56. The van der Waals surface area contributed by atoms with Crippen LogP contribution in [0.15, 0.2) is 48.8 Å². The summed E-state index contributed by atoms with van der Waals surface area (Å²) >= 11 is 0. The van der Waals surface area contributed by atoms with Gasteiger partial charge in [0.15, 0.2) is 0 Å². The number of fused-ring (bicyclic) bond motifs is 1. The monoisotopic (exact) mass is 326 g/mol. The van der Waals surface area contributed by atoms with Crippen LogP contribution in [-0.4, -0.2) is 35.0 Å². The molecule has 124 valence electrons. The molecule has 1 amide bonds. The number of benzene rings is 1. The molecule has 2 fully saturated rings. The summed E-state index contributed by atoms with van der Waals surface area (Å²) in [5.41, 5.74) is 0.543. The van der Waals surface area contributed by atoms with Gasteiger partial charge in [-0.25, -0.2) is 4.39 Å². The maximum Gasteiger partial charge on any atom is 0.253 e. The first-order valence-electron chi connectivity index (χ1n) is 8.32. The lowest BCUT2D eigenvalue weighted by Crippen LogP contribution is -2.32. The van der Waals surface area contributed by atoms with E-state index in [9.17, 15) is 9.18 Å². The van der Waals surface area contributed by atoms with Crippen molar-refractivity contribution < 1.29 is 13.9 Å². The Kier molecular flexibility index (Phi) is 3.92. The van der Waals surface area contributed by atoms with Crippen molar-refractivity contribution in [3.8, 4) is 5.75 Å². The third-order valence-electron chi connectivity index (χ3n) is 5.09. The van der Waals surface area contributed by atoms with Gasteiger partial charge < -0.3 is 9.64 Å². The van der Waals surface area contributed by atoms with Crippen LogP contribution in [0.3, 0.4) is 0 Å². The lowest BCUT2D eigenvalue weighted by Gasteiger charge is -2.22. The Balaban J connectivity index is 1.44. The molecule has 4 rings (SSSR count). The number of hydrogen-bond donors (Lipinski definition) is 0. The Morgan fingerprint density at radius 2 is 2.00 bits per heavy atom. The van der Waals surface area contributed by atoms with Crippen molar-refractivity contribution in [3.63, 3.8) is 0 Å². The van der Waals surface area contributed by atoms with Gasteiger partial charge in [-0.15, -0.1) is 0 Å². The number of aromatic nitrogens is 1. The first kappa shape index (κ1) is 15.1. The highest BCUT2D eigenvalue weighted by Crippen LogP contribution is 2.40. The Hall–Kier alpha value is -2.43. The Morgan fingerprint density at radius 1 is 1.17 bits per heavy atom. The van der Waals surface area contributed by atoms with E-state index in [0.717, 1.165) is 25.1 Å². The number of hydrogen-bond acceptors (Lipinski definition) is 3. The molecule has 4 nitrogen and oxygen atoms in total. The fourth-order valence-corrected chi connectivity index (χ4v) is 3.89. The zero-order chi connectivity index (χ0) is 16.5. The summed E-state index contributed by atoms with van der Waals surface area (Å²) in [4.78, 5) is 18.6. The van der Waals surface area contributed by atoms with Crippen molar-refractivity contribution in [3.05, 3.63) is 60.2 Å². The van der Waals surface area contributed by atoms with E-state index in [0.29, 0.717) is 23.9 Å². The molecule has 1 saturated heterocycles. The maximum atomic E-state index is 13.0. The number of ether oxygens (including phenoxy) is 1. The third kappa shape index (κ3) is 2.86. The molecular weight excluding hydrogens is 307 g/mol. The number of nitrogens with zero attached hydrogens (tertiary/aromatic N) is 2. The van der Waals surface area contributed by atoms with Crippen LogP contribution in [0.2, 0.25) is 0 Å². The van der Waals surface area contributed by atoms with E-state index < -0.39 is 0 Å². The minimum atomic E-state index is -0.324. The number of likely N-dealkylation sites (tertiary alicyclic amines) is 1. The molecule has 1 aliphatic heterocycles. The predicted molar refractivity (Wildman–Crippen MR) is 87.2 cm³/mol. The van der Waals surface area contributed by atoms with Crippen LogP contribution in [0.1, 0.15) is 23.2 Å². The molecule has 2 aliphatic rings. The van der Waals surface area contributed by atoms with Gasteiger partial charge in [-0.05, 0) is 55.2 Å². The fourth-order valence-electron chi connectivity index (χ4n) is 3.89. The van der Waals surface area contributed by atoms with E-state index in [4.69, 9.17) is 4.74 Å². The molecule has 3 atom stereocenters. The molecule has 1 aromatic carbocycles. The summed E-state index contributed by atoms with van der Waals surface area (Å²) in [6.07, 6.45) is 5.67. The van der Waals surface area contributed by atoms with Gasteiger partial charge in [0.05, 0.1) is 6.20 Å². The van der Waals surface area contributed by atoms with E-state index in [-0.39, 0.29) is 17.8 Å². The molecule has 0 N–H and O–H groups in total. The standard InChI is InChI=1S/C19H19FN2O2/c20-15-6-3-13(4-7-15)19(23)22-11-14-5-8-18(17(14)12-22)24-16-2-1-9-21-10-16/h1-4,6-7,9-10,14,17-18H,5,8,11-12H2/t14-,17+,18-/m1/s1. The highest BCUT2D eigenvalue weighted by molar-refractivity contribution is 5.94. The highest BCUT2D eigenvalue weighted by atomic mass is 19.1. The number of carbonyl (C=O) groups is 1. The smallest absolute Gasteiger partial charge is 0.253 e. The molecule has 1 saturated carbocycles. The van der Waals surface area contributed by atoms with Crippen molar-refractivity contribution in [2.24, 2.45) is 11.8 Å². The zero-order valence-corrected chi connectivity index (χ0v) is 13.3. The summed E-state index contributed by atoms with van der Waals surface area (Å²) < 4.78 is 19.1. The van der Waals surface area contributed by atoms with Gasteiger partial charge in [0, 0.05) is 30.8 Å². The molecule has 5 heteroatoms. The molecule has 1 aromatic heterocycles.